The fourth-order valence-corrected chi connectivity index (χ4v) is 2.57. The van der Waals surface area contributed by atoms with Crippen LogP contribution in [-0.4, -0.2) is 12.5 Å². The maximum Gasteiger partial charge on any atom is 0.223 e. The highest BCUT2D eigenvalue weighted by atomic mass is 79.9. The minimum atomic E-state index is 0.0612. The Balaban J connectivity index is 2.08. The van der Waals surface area contributed by atoms with E-state index in [0.29, 0.717) is 6.54 Å². The summed E-state index contributed by atoms with van der Waals surface area (Å²) in [6, 6.07) is 4.10. The van der Waals surface area contributed by atoms with E-state index in [1.54, 1.807) is 0 Å². The van der Waals surface area contributed by atoms with Crippen molar-refractivity contribution >= 4 is 21.8 Å². The molecule has 0 fully saturated rings. The molecule has 1 aliphatic heterocycles. The van der Waals surface area contributed by atoms with Crippen molar-refractivity contribution in [1.82, 2.24) is 5.32 Å². The maximum atomic E-state index is 11.8. The lowest BCUT2D eigenvalue weighted by atomic mass is 10.1. The molecule has 1 aromatic rings. The zero-order chi connectivity index (χ0) is 13.1. The minimum Gasteiger partial charge on any atom is -0.493 e. The molecule has 1 heterocycles. The lowest BCUT2D eigenvalue weighted by Gasteiger charge is -2.12. The van der Waals surface area contributed by atoms with E-state index in [4.69, 9.17) is 4.74 Å². The predicted octanol–water partition coefficient (Wildman–Crippen LogP) is 3.05. The molecule has 0 saturated heterocycles. The van der Waals surface area contributed by atoms with E-state index in [-0.39, 0.29) is 11.8 Å². The molecule has 0 aliphatic carbocycles. The van der Waals surface area contributed by atoms with Crippen LogP contribution in [0.5, 0.6) is 5.75 Å². The van der Waals surface area contributed by atoms with Crippen LogP contribution in [-0.2, 0) is 17.8 Å². The maximum absolute atomic E-state index is 11.8. The Morgan fingerprint density at radius 2 is 2.33 bits per heavy atom. The second kappa shape index (κ2) is 5.74. The van der Waals surface area contributed by atoms with Gasteiger partial charge >= 0.3 is 0 Å². The monoisotopic (exact) mass is 311 g/mol. The Labute approximate surface area is 116 Å². The van der Waals surface area contributed by atoms with E-state index >= 15 is 0 Å². The summed E-state index contributed by atoms with van der Waals surface area (Å²) < 4.78 is 6.67. The van der Waals surface area contributed by atoms with Crippen molar-refractivity contribution in [1.29, 1.82) is 0 Å². The normalized spacial score (nSPS) is 14.8. The average molecular weight is 312 g/mol. The lowest BCUT2D eigenvalue weighted by molar-refractivity contribution is -0.124. The van der Waals surface area contributed by atoms with Crippen LogP contribution in [0.2, 0.25) is 0 Å². The van der Waals surface area contributed by atoms with Gasteiger partial charge < -0.3 is 10.1 Å². The van der Waals surface area contributed by atoms with Crippen LogP contribution >= 0.6 is 15.9 Å². The molecule has 0 bridgehead atoms. The molecule has 0 radical (unpaired) electrons. The lowest BCUT2D eigenvalue weighted by Crippen LogP contribution is -2.28. The Morgan fingerprint density at radius 1 is 1.56 bits per heavy atom. The summed E-state index contributed by atoms with van der Waals surface area (Å²) in [4.78, 5) is 11.8. The largest absolute Gasteiger partial charge is 0.493 e. The van der Waals surface area contributed by atoms with Crippen molar-refractivity contribution in [3.05, 3.63) is 27.7 Å². The van der Waals surface area contributed by atoms with Crippen molar-refractivity contribution in [2.75, 3.05) is 6.61 Å². The Morgan fingerprint density at radius 3 is 3.06 bits per heavy atom. The molecule has 1 aliphatic rings. The quantitative estimate of drug-likeness (QED) is 0.928. The molecule has 0 spiro atoms. The van der Waals surface area contributed by atoms with Gasteiger partial charge in [0.25, 0.3) is 0 Å². The first-order chi connectivity index (χ1) is 8.61. The van der Waals surface area contributed by atoms with Gasteiger partial charge in [-0.05, 0) is 24.1 Å². The van der Waals surface area contributed by atoms with Gasteiger partial charge in [0.15, 0.2) is 0 Å². The van der Waals surface area contributed by atoms with Gasteiger partial charge in [-0.15, -0.1) is 0 Å². The van der Waals surface area contributed by atoms with E-state index in [2.05, 4.69) is 27.3 Å². The first kappa shape index (κ1) is 13.4. The third-order valence-corrected chi connectivity index (χ3v) is 3.80. The van der Waals surface area contributed by atoms with Gasteiger partial charge in [-0.2, -0.15) is 0 Å². The van der Waals surface area contributed by atoms with Crippen LogP contribution in [0.25, 0.3) is 0 Å². The molecule has 1 aromatic carbocycles. The fraction of sp³-hybridized carbons (Fsp3) is 0.500. The summed E-state index contributed by atoms with van der Waals surface area (Å²) in [5, 5.41) is 2.97. The smallest absolute Gasteiger partial charge is 0.223 e. The number of hydrogen-bond donors (Lipinski definition) is 1. The van der Waals surface area contributed by atoms with Crippen LogP contribution < -0.4 is 10.1 Å². The summed E-state index contributed by atoms with van der Waals surface area (Å²) in [7, 11) is 0. The number of ether oxygens (including phenoxy) is 1. The van der Waals surface area contributed by atoms with Gasteiger partial charge in [-0.3, -0.25) is 4.79 Å². The second-order valence-electron chi connectivity index (χ2n) is 4.68. The molecule has 1 amide bonds. The second-order valence-corrected chi connectivity index (χ2v) is 5.59. The highest BCUT2D eigenvalue weighted by molar-refractivity contribution is 9.10. The van der Waals surface area contributed by atoms with E-state index in [0.717, 1.165) is 35.2 Å². The first-order valence-electron chi connectivity index (χ1n) is 6.33. The van der Waals surface area contributed by atoms with Gasteiger partial charge in [0.1, 0.15) is 5.75 Å². The predicted molar refractivity (Wildman–Crippen MR) is 74.6 cm³/mol. The number of carbonyl (C=O) groups excluding carboxylic acids is 1. The number of fused-ring (bicyclic) bond motifs is 1. The number of carbonyl (C=O) groups is 1. The zero-order valence-corrected chi connectivity index (χ0v) is 12.3. The zero-order valence-electron chi connectivity index (χ0n) is 10.8. The molecule has 18 heavy (non-hydrogen) atoms. The molecule has 0 saturated carbocycles. The molecular formula is C14H18BrNO2. The summed E-state index contributed by atoms with van der Waals surface area (Å²) in [5.74, 6) is 1.11. The molecule has 2 rings (SSSR count). The molecule has 1 atom stereocenters. The number of hydrogen-bond acceptors (Lipinski definition) is 2. The van der Waals surface area contributed by atoms with Crippen LogP contribution in [0.3, 0.4) is 0 Å². The van der Waals surface area contributed by atoms with E-state index in [1.165, 1.54) is 5.56 Å². The standard InChI is InChI=1S/C14H18BrNO2/c1-3-9(2)14(17)16-8-11-7-12(15)6-10-4-5-18-13(10)11/h6-7,9H,3-5,8H2,1-2H3,(H,16,17). The molecule has 4 heteroatoms. The van der Waals surface area contributed by atoms with Crippen molar-refractivity contribution in [3.8, 4) is 5.75 Å². The minimum absolute atomic E-state index is 0.0612. The molecule has 3 nitrogen and oxygen atoms in total. The van der Waals surface area contributed by atoms with Gasteiger partial charge in [0.2, 0.25) is 5.91 Å². The van der Waals surface area contributed by atoms with E-state index in [9.17, 15) is 4.79 Å². The Kier molecular flexibility index (Phi) is 4.27. The molecule has 98 valence electrons. The van der Waals surface area contributed by atoms with Gasteiger partial charge in [-0.1, -0.05) is 29.8 Å². The fourth-order valence-electron chi connectivity index (χ4n) is 2.02. The number of benzene rings is 1. The summed E-state index contributed by atoms with van der Waals surface area (Å²) >= 11 is 3.50. The van der Waals surface area contributed by atoms with Gasteiger partial charge in [-0.25, -0.2) is 0 Å². The third-order valence-electron chi connectivity index (χ3n) is 3.34. The number of nitrogens with one attached hydrogen (secondary N) is 1. The molecule has 1 unspecified atom stereocenters. The highest BCUT2D eigenvalue weighted by Gasteiger charge is 2.18. The topological polar surface area (TPSA) is 38.3 Å². The molecular weight excluding hydrogens is 294 g/mol. The Bertz CT molecular complexity index is 459. The Hall–Kier alpha value is -1.03. The number of halogens is 1. The van der Waals surface area contributed by atoms with Crippen LogP contribution in [0, 0.1) is 5.92 Å². The summed E-state index contributed by atoms with van der Waals surface area (Å²) in [6.07, 6.45) is 1.81. The first-order valence-corrected chi connectivity index (χ1v) is 7.13. The van der Waals surface area contributed by atoms with E-state index in [1.807, 2.05) is 19.9 Å². The van der Waals surface area contributed by atoms with Crippen molar-refractivity contribution in [3.63, 3.8) is 0 Å². The molecule has 1 N–H and O–H groups in total. The van der Waals surface area contributed by atoms with Crippen molar-refractivity contribution in [2.45, 2.75) is 33.2 Å². The average Bonchev–Trinajstić information content (AvgIpc) is 2.82. The van der Waals surface area contributed by atoms with Gasteiger partial charge in [0.05, 0.1) is 6.61 Å². The van der Waals surface area contributed by atoms with Crippen molar-refractivity contribution < 1.29 is 9.53 Å². The molecule has 0 aromatic heterocycles. The van der Waals surface area contributed by atoms with Crippen LogP contribution in [0.4, 0.5) is 0 Å². The van der Waals surface area contributed by atoms with Gasteiger partial charge in [0, 0.05) is 28.9 Å². The summed E-state index contributed by atoms with van der Waals surface area (Å²) in [6.45, 7) is 5.23. The SMILES string of the molecule is CCC(C)C(=O)NCc1cc(Br)cc2c1OCC2. The van der Waals surface area contributed by atoms with Crippen LogP contribution in [0.1, 0.15) is 31.4 Å². The third kappa shape index (κ3) is 2.86. The highest BCUT2D eigenvalue weighted by Crippen LogP contribution is 2.32. The number of rotatable bonds is 4. The van der Waals surface area contributed by atoms with E-state index < -0.39 is 0 Å². The van der Waals surface area contributed by atoms with Crippen molar-refractivity contribution in [2.24, 2.45) is 5.92 Å². The van der Waals surface area contributed by atoms with Crippen LogP contribution in [0.15, 0.2) is 16.6 Å². The summed E-state index contributed by atoms with van der Waals surface area (Å²) in [5.41, 5.74) is 2.27. The number of amides is 1.